The van der Waals surface area contributed by atoms with Crippen LogP contribution in [0.5, 0.6) is 0 Å². The van der Waals surface area contributed by atoms with E-state index in [0.29, 0.717) is 0 Å². The number of hydrogen-bond acceptors (Lipinski definition) is 3. The summed E-state index contributed by atoms with van der Waals surface area (Å²) in [6.45, 7) is 1.50. The first-order valence-electron chi connectivity index (χ1n) is 2.30. The minimum atomic E-state index is -0.125. The molecule has 0 aromatic carbocycles. The molecule has 0 aliphatic heterocycles. The van der Waals surface area contributed by atoms with Crippen molar-refractivity contribution in [2.24, 2.45) is 0 Å². The van der Waals surface area contributed by atoms with E-state index in [9.17, 15) is 0 Å². The normalized spacial score (nSPS) is 8.38. The van der Waals surface area contributed by atoms with Gasteiger partial charge in [0.1, 0.15) is 0 Å². The lowest BCUT2D eigenvalue weighted by Crippen LogP contribution is -1.85. The van der Waals surface area contributed by atoms with E-state index in [4.69, 9.17) is 15.3 Å². The Morgan fingerprint density at radius 3 is 1.50 bits per heavy atom. The molecule has 0 amide bonds. The Morgan fingerprint density at radius 2 is 1.50 bits per heavy atom. The fraction of sp³-hybridized carbons (Fsp3) is 0.600. The van der Waals surface area contributed by atoms with Gasteiger partial charge in [-0.2, -0.15) is 0 Å². The third kappa shape index (κ3) is 51.0. The van der Waals surface area contributed by atoms with Crippen molar-refractivity contribution >= 4 is 0 Å². The van der Waals surface area contributed by atoms with Crippen molar-refractivity contribution in [1.29, 1.82) is 0 Å². The summed E-state index contributed by atoms with van der Waals surface area (Å²) < 4.78 is 0. The first-order valence-corrected chi connectivity index (χ1v) is 2.30. The molecule has 0 aromatic rings. The molecule has 0 saturated heterocycles. The molecule has 3 N–H and O–H groups in total. The van der Waals surface area contributed by atoms with E-state index in [-0.39, 0.29) is 13.2 Å². The van der Waals surface area contributed by atoms with Crippen LogP contribution >= 0.6 is 0 Å². The Morgan fingerprint density at radius 1 is 1.25 bits per heavy atom. The van der Waals surface area contributed by atoms with Crippen LogP contribution in [-0.2, 0) is 0 Å². The molecule has 0 spiro atoms. The maximum atomic E-state index is 7.69. The summed E-state index contributed by atoms with van der Waals surface area (Å²) in [5.41, 5.74) is 0. The lowest BCUT2D eigenvalue weighted by atomic mass is 10.8. The molecule has 8 heavy (non-hydrogen) atoms. The largest absolute Gasteiger partial charge is 0.516 e. The lowest BCUT2D eigenvalue weighted by Gasteiger charge is -1.70. The number of aliphatic hydroxyl groups is 3. The predicted molar refractivity (Wildman–Crippen MR) is 31.6 cm³/mol. The zero-order valence-electron chi connectivity index (χ0n) is 4.91. The molecular weight excluding hydrogens is 108 g/mol. The summed E-state index contributed by atoms with van der Waals surface area (Å²) in [7, 11) is 0. The Hall–Kier alpha value is -0.540. The molecule has 3 heteroatoms. The average molecular weight is 120 g/mol. The monoisotopic (exact) mass is 120 g/mol. The fourth-order valence-corrected chi connectivity index (χ4v) is 0. The van der Waals surface area contributed by atoms with E-state index in [0.717, 1.165) is 6.26 Å². The molecule has 50 valence electrons. The second-order valence-electron chi connectivity index (χ2n) is 0.930. The molecule has 0 radical (unpaired) electrons. The van der Waals surface area contributed by atoms with Crippen LogP contribution in [0.2, 0.25) is 0 Å². The van der Waals surface area contributed by atoms with E-state index < -0.39 is 0 Å². The summed E-state index contributed by atoms with van der Waals surface area (Å²) in [6.07, 6.45) is 2.56. The van der Waals surface area contributed by atoms with Gasteiger partial charge in [-0.1, -0.05) is 6.08 Å². The van der Waals surface area contributed by atoms with Crippen LogP contribution in [0.25, 0.3) is 0 Å². The predicted octanol–water partition coefficient (Wildman–Crippen LogP) is 0.0490. The minimum Gasteiger partial charge on any atom is -0.516 e. The summed E-state index contributed by atoms with van der Waals surface area (Å²) in [4.78, 5) is 0. The molecule has 0 aliphatic carbocycles. The third-order valence-corrected chi connectivity index (χ3v) is 0.249. The van der Waals surface area contributed by atoms with E-state index in [1.807, 2.05) is 0 Å². The van der Waals surface area contributed by atoms with Crippen LogP contribution in [0.3, 0.4) is 0 Å². The number of rotatable bonds is 1. The molecule has 0 bridgehead atoms. The van der Waals surface area contributed by atoms with Crippen LogP contribution in [-0.4, -0.2) is 28.5 Å². The van der Waals surface area contributed by atoms with E-state index >= 15 is 0 Å². The van der Waals surface area contributed by atoms with Crippen LogP contribution in [0.4, 0.5) is 0 Å². The van der Waals surface area contributed by atoms with Crippen LogP contribution in [0.15, 0.2) is 12.3 Å². The second kappa shape index (κ2) is 16.1. The van der Waals surface area contributed by atoms with Crippen molar-refractivity contribution in [3.8, 4) is 0 Å². The quantitative estimate of drug-likeness (QED) is 0.428. The zero-order chi connectivity index (χ0) is 6.83. The van der Waals surface area contributed by atoms with Crippen LogP contribution < -0.4 is 0 Å². The first-order chi connectivity index (χ1) is 3.83. The standard InChI is InChI=1S/C3H6O.C2H6O2/c1-2-3-4;3-1-2-4/h2-4H,1H3;3-4H,1-2H2. The van der Waals surface area contributed by atoms with Gasteiger partial charge >= 0.3 is 0 Å². The molecule has 0 rings (SSSR count). The second-order valence-corrected chi connectivity index (χ2v) is 0.930. The highest BCUT2D eigenvalue weighted by atomic mass is 16.3. The highest BCUT2D eigenvalue weighted by molar-refractivity contribution is 4.60. The van der Waals surface area contributed by atoms with Crippen molar-refractivity contribution in [3.05, 3.63) is 12.3 Å². The van der Waals surface area contributed by atoms with E-state index in [1.165, 1.54) is 0 Å². The van der Waals surface area contributed by atoms with Gasteiger partial charge in [0.2, 0.25) is 0 Å². The first kappa shape index (κ1) is 10.4. The molecule has 0 heterocycles. The van der Waals surface area contributed by atoms with Crippen molar-refractivity contribution < 1.29 is 15.3 Å². The molecule has 0 fully saturated rings. The van der Waals surface area contributed by atoms with Gasteiger partial charge in [-0.15, -0.1) is 0 Å². The number of aliphatic hydroxyl groups excluding tert-OH is 3. The molecule has 0 saturated carbocycles. The van der Waals surface area contributed by atoms with Crippen molar-refractivity contribution in [1.82, 2.24) is 0 Å². The highest BCUT2D eigenvalue weighted by Crippen LogP contribution is 1.51. The van der Waals surface area contributed by atoms with E-state index in [2.05, 4.69) is 0 Å². The Bertz CT molecular complexity index is 36.9. The molecule has 0 aliphatic rings. The number of allylic oxidation sites excluding steroid dienone is 1. The maximum absolute atomic E-state index is 7.69. The lowest BCUT2D eigenvalue weighted by molar-refractivity contribution is 0.186. The molecule has 0 unspecified atom stereocenters. The summed E-state index contributed by atoms with van der Waals surface area (Å²) in [6, 6.07) is 0. The molecule has 0 aromatic heterocycles. The van der Waals surface area contributed by atoms with Gasteiger partial charge in [-0.05, 0) is 6.92 Å². The van der Waals surface area contributed by atoms with E-state index in [1.54, 1.807) is 13.0 Å². The summed E-state index contributed by atoms with van der Waals surface area (Å²) in [5.74, 6) is 0. The fourth-order valence-electron chi connectivity index (χ4n) is 0. The van der Waals surface area contributed by atoms with Gasteiger partial charge in [0, 0.05) is 0 Å². The topological polar surface area (TPSA) is 60.7 Å². The minimum absolute atomic E-state index is 0.125. The van der Waals surface area contributed by atoms with Crippen molar-refractivity contribution in [2.45, 2.75) is 6.92 Å². The van der Waals surface area contributed by atoms with Gasteiger partial charge in [0.05, 0.1) is 19.5 Å². The summed E-state index contributed by atoms with van der Waals surface area (Å²) >= 11 is 0. The smallest absolute Gasteiger partial charge is 0.0748 e. The SMILES string of the molecule is CC=CO.OCCO. The van der Waals surface area contributed by atoms with Gasteiger partial charge in [0.25, 0.3) is 0 Å². The van der Waals surface area contributed by atoms with Crippen molar-refractivity contribution in [3.63, 3.8) is 0 Å². The van der Waals surface area contributed by atoms with Gasteiger partial charge < -0.3 is 15.3 Å². The van der Waals surface area contributed by atoms with Gasteiger partial charge in [0.15, 0.2) is 0 Å². The highest BCUT2D eigenvalue weighted by Gasteiger charge is 1.58. The zero-order valence-corrected chi connectivity index (χ0v) is 4.91. The number of hydrogen-bond donors (Lipinski definition) is 3. The Balaban J connectivity index is 0. The van der Waals surface area contributed by atoms with Crippen LogP contribution in [0, 0.1) is 0 Å². The third-order valence-electron chi connectivity index (χ3n) is 0.249. The van der Waals surface area contributed by atoms with Gasteiger partial charge in [-0.25, -0.2) is 0 Å². The Kier molecular flexibility index (Phi) is 21.0. The summed E-state index contributed by atoms with van der Waals surface area (Å²) in [5, 5.41) is 22.9. The molecular formula is C5H12O3. The molecule has 0 atom stereocenters. The average Bonchev–Trinajstić information content (AvgIpc) is 1.88. The maximum Gasteiger partial charge on any atom is 0.0748 e. The van der Waals surface area contributed by atoms with Gasteiger partial charge in [-0.3, -0.25) is 0 Å². The Labute approximate surface area is 48.9 Å². The van der Waals surface area contributed by atoms with Crippen molar-refractivity contribution in [2.75, 3.05) is 13.2 Å². The molecule has 3 nitrogen and oxygen atoms in total. The van der Waals surface area contributed by atoms with Crippen LogP contribution in [0.1, 0.15) is 6.92 Å².